The number of nitrogens with zero attached hydrogens (tertiary/aromatic N) is 4. The fourth-order valence-electron chi connectivity index (χ4n) is 2.91. The first-order valence-electron chi connectivity index (χ1n) is 8.07. The van der Waals surface area contributed by atoms with E-state index in [1.165, 1.54) is 11.3 Å². The van der Waals surface area contributed by atoms with Gasteiger partial charge in [0, 0.05) is 0 Å². The molecule has 0 saturated heterocycles. The van der Waals surface area contributed by atoms with Crippen LogP contribution >= 0.6 is 11.3 Å². The van der Waals surface area contributed by atoms with Gasteiger partial charge in [0.05, 0.1) is 12.7 Å². The lowest BCUT2D eigenvalue weighted by Crippen LogP contribution is -2.23. The summed E-state index contributed by atoms with van der Waals surface area (Å²) in [7, 11) is 1.65. The second-order valence-corrected chi connectivity index (χ2v) is 6.68. The highest BCUT2D eigenvalue weighted by Gasteiger charge is 2.28. The zero-order valence-electron chi connectivity index (χ0n) is 13.8. The van der Waals surface area contributed by atoms with E-state index in [1.807, 2.05) is 48.5 Å². The predicted octanol–water partition coefficient (Wildman–Crippen LogP) is 3.37. The van der Waals surface area contributed by atoms with Crippen molar-refractivity contribution in [2.24, 2.45) is 0 Å². The van der Waals surface area contributed by atoms with E-state index in [0.717, 1.165) is 22.1 Å². The molecule has 26 heavy (non-hydrogen) atoms. The highest BCUT2D eigenvalue weighted by Crippen LogP contribution is 2.37. The fourth-order valence-corrected chi connectivity index (χ4v) is 3.79. The molecule has 130 valence electrons. The maximum absolute atomic E-state index is 6.04. The van der Waals surface area contributed by atoms with Gasteiger partial charge in [-0.3, -0.25) is 0 Å². The van der Waals surface area contributed by atoms with Gasteiger partial charge in [0.25, 0.3) is 0 Å². The normalized spacial score (nSPS) is 16.0. The van der Waals surface area contributed by atoms with E-state index in [2.05, 4.69) is 15.3 Å². The van der Waals surface area contributed by atoms with E-state index in [1.54, 1.807) is 11.6 Å². The number of fused-ring (bicyclic) bond motifs is 2. The maximum Gasteiger partial charge on any atom is 0.235 e. The smallest absolute Gasteiger partial charge is 0.235 e. The Morgan fingerprint density at radius 2 is 1.88 bits per heavy atom. The highest BCUT2D eigenvalue weighted by atomic mass is 32.1. The SMILES string of the molecule is COc1ccccc1-c1nn2c([C@@H]3COc4ccccc4O3)nnc2s1. The van der Waals surface area contributed by atoms with Gasteiger partial charge in [0.2, 0.25) is 4.96 Å². The molecule has 1 aliphatic rings. The number of hydrogen-bond acceptors (Lipinski definition) is 7. The Kier molecular flexibility index (Phi) is 3.49. The van der Waals surface area contributed by atoms with Crippen LogP contribution in [0.1, 0.15) is 11.9 Å². The molecule has 2 aromatic heterocycles. The molecule has 2 aromatic carbocycles. The minimum Gasteiger partial charge on any atom is -0.496 e. The van der Waals surface area contributed by atoms with E-state index in [9.17, 15) is 0 Å². The topological polar surface area (TPSA) is 70.8 Å². The Labute approximate surface area is 152 Å². The molecule has 0 saturated carbocycles. The van der Waals surface area contributed by atoms with Gasteiger partial charge in [0.1, 0.15) is 12.4 Å². The zero-order chi connectivity index (χ0) is 17.5. The average Bonchev–Trinajstić information content (AvgIpc) is 3.28. The summed E-state index contributed by atoms with van der Waals surface area (Å²) in [6.45, 7) is 0.360. The van der Waals surface area contributed by atoms with Crippen molar-refractivity contribution in [3.05, 3.63) is 54.4 Å². The van der Waals surface area contributed by atoms with Crippen LogP contribution in [0.2, 0.25) is 0 Å². The highest BCUT2D eigenvalue weighted by molar-refractivity contribution is 7.19. The molecule has 0 amide bonds. The molecule has 7 nitrogen and oxygen atoms in total. The van der Waals surface area contributed by atoms with Crippen LogP contribution in [0.3, 0.4) is 0 Å². The Morgan fingerprint density at radius 1 is 1.08 bits per heavy atom. The monoisotopic (exact) mass is 366 g/mol. The van der Waals surface area contributed by atoms with Crippen LogP contribution in [-0.2, 0) is 0 Å². The molecule has 1 aliphatic heterocycles. The molecule has 3 heterocycles. The largest absolute Gasteiger partial charge is 0.496 e. The molecule has 0 N–H and O–H groups in total. The third-order valence-electron chi connectivity index (χ3n) is 4.15. The Morgan fingerprint density at radius 3 is 2.77 bits per heavy atom. The van der Waals surface area contributed by atoms with Gasteiger partial charge in [-0.15, -0.1) is 10.2 Å². The molecule has 0 aliphatic carbocycles. The van der Waals surface area contributed by atoms with Crippen LogP contribution in [0.25, 0.3) is 15.5 Å². The number of methoxy groups -OCH3 is 1. The molecule has 0 unspecified atom stereocenters. The number of hydrogen-bond donors (Lipinski definition) is 0. The van der Waals surface area contributed by atoms with Crippen molar-refractivity contribution in [1.29, 1.82) is 0 Å². The van der Waals surface area contributed by atoms with Crippen LogP contribution in [0.4, 0.5) is 0 Å². The Balaban J connectivity index is 1.54. The standard InChI is InChI=1S/C18H14N4O3S/c1-23-12-7-3-2-6-11(12)17-21-22-16(19-20-18(22)26-17)15-10-24-13-8-4-5-9-14(13)25-15/h2-9,15H,10H2,1H3/t15-/m0/s1. The van der Waals surface area contributed by atoms with Gasteiger partial charge in [-0.1, -0.05) is 35.6 Å². The molecule has 0 fully saturated rings. The summed E-state index contributed by atoms with van der Waals surface area (Å²) < 4.78 is 19.0. The molecular weight excluding hydrogens is 352 g/mol. The summed E-state index contributed by atoms with van der Waals surface area (Å²) in [5.74, 6) is 2.82. The summed E-state index contributed by atoms with van der Waals surface area (Å²) in [4.78, 5) is 0.698. The first-order valence-corrected chi connectivity index (χ1v) is 8.89. The summed E-state index contributed by atoms with van der Waals surface area (Å²) in [5.41, 5.74) is 0.919. The van der Waals surface area contributed by atoms with Gasteiger partial charge in [-0.25, -0.2) is 0 Å². The van der Waals surface area contributed by atoms with Crippen LogP contribution in [0.5, 0.6) is 17.2 Å². The summed E-state index contributed by atoms with van der Waals surface area (Å²) in [6.07, 6.45) is -0.368. The van der Waals surface area contributed by atoms with Crippen molar-refractivity contribution in [2.75, 3.05) is 13.7 Å². The molecular formula is C18H14N4O3S. The average molecular weight is 366 g/mol. The van der Waals surface area contributed by atoms with E-state index < -0.39 is 0 Å². The van der Waals surface area contributed by atoms with Gasteiger partial charge in [-0.2, -0.15) is 9.61 Å². The first kappa shape index (κ1) is 15.2. The number of benzene rings is 2. The quantitative estimate of drug-likeness (QED) is 0.554. The summed E-state index contributed by atoms with van der Waals surface area (Å²) in [6, 6.07) is 15.3. The van der Waals surface area contributed by atoms with E-state index in [-0.39, 0.29) is 6.10 Å². The molecule has 4 aromatic rings. The lowest BCUT2D eigenvalue weighted by atomic mass is 10.2. The van der Waals surface area contributed by atoms with Crippen molar-refractivity contribution in [3.63, 3.8) is 0 Å². The Hall–Kier alpha value is -3.13. The van der Waals surface area contributed by atoms with Crippen LogP contribution in [0, 0.1) is 0 Å². The summed E-state index contributed by atoms with van der Waals surface area (Å²) >= 11 is 1.45. The predicted molar refractivity (Wildman–Crippen MR) is 96.0 cm³/mol. The molecule has 1 atom stereocenters. The van der Waals surface area contributed by atoms with Crippen molar-refractivity contribution >= 4 is 16.3 Å². The summed E-state index contributed by atoms with van der Waals surface area (Å²) in [5, 5.41) is 14.0. The van der Waals surface area contributed by atoms with Gasteiger partial charge < -0.3 is 14.2 Å². The molecule has 0 radical (unpaired) electrons. The van der Waals surface area contributed by atoms with Crippen molar-refractivity contribution in [1.82, 2.24) is 19.8 Å². The molecule has 0 spiro atoms. The third kappa shape index (κ3) is 2.38. The number of rotatable bonds is 3. The van der Waals surface area contributed by atoms with E-state index >= 15 is 0 Å². The van der Waals surface area contributed by atoms with E-state index in [4.69, 9.17) is 14.2 Å². The van der Waals surface area contributed by atoms with Gasteiger partial charge in [0.15, 0.2) is 28.4 Å². The van der Waals surface area contributed by atoms with Gasteiger partial charge in [-0.05, 0) is 24.3 Å². The Bertz CT molecular complexity index is 1090. The van der Waals surface area contributed by atoms with Gasteiger partial charge >= 0.3 is 0 Å². The second kappa shape index (κ2) is 5.99. The van der Waals surface area contributed by atoms with Crippen LogP contribution in [-0.4, -0.2) is 33.5 Å². The van der Waals surface area contributed by atoms with Crippen molar-refractivity contribution < 1.29 is 14.2 Å². The first-order chi connectivity index (χ1) is 12.8. The molecule has 5 rings (SSSR count). The van der Waals surface area contributed by atoms with E-state index in [0.29, 0.717) is 23.1 Å². The maximum atomic E-state index is 6.04. The molecule has 8 heteroatoms. The molecule has 0 bridgehead atoms. The lowest BCUT2D eigenvalue weighted by molar-refractivity contribution is 0.0836. The van der Waals surface area contributed by atoms with Crippen molar-refractivity contribution in [3.8, 4) is 27.8 Å². The zero-order valence-corrected chi connectivity index (χ0v) is 14.6. The number of aromatic nitrogens is 4. The van der Waals surface area contributed by atoms with Crippen LogP contribution in [0.15, 0.2) is 48.5 Å². The van der Waals surface area contributed by atoms with Crippen LogP contribution < -0.4 is 14.2 Å². The minimum atomic E-state index is -0.368. The minimum absolute atomic E-state index is 0.360. The number of para-hydroxylation sites is 3. The second-order valence-electron chi connectivity index (χ2n) is 5.72. The lowest BCUT2D eigenvalue weighted by Gasteiger charge is -2.24. The third-order valence-corrected chi connectivity index (χ3v) is 5.08. The van der Waals surface area contributed by atoms with Crippen molar-refractivity contribution in [2.45, 2.75) is 6.10 Å². The number of ether oxygens (including phenoxy) is 3. The fraction of sp³-hybridized carbons (Fsp3) is 0.167.